The summed E-state index contributed by atoms with van der Waals surface area (Å²) < 4.78 is 0. The second-order valence-corrected chi connectivity index (χ2v) is 10.3. The highest BCUT2D eigenvalue weighted by Crippen LogP contribution is 2.04. The van der Waals surface area contributed by atoms with Crippen molar-refractivity contribution < 1.29 is 0 Å². The quantitative estimate of drug-likeness (QED) is 0.682. The fourth-order valence-corrected chi connectivity index (χ4v) is 4.01. The number of hydrogen-bond acceptors (Lipinski definition) is 6. The van der Waals surface area contributed by atoms with Gasteiger partial charge in [0.2, 0.25) is 0 Å². The van der Waals surface area contributed by atoms with Gasteiger partial charge in [0.25, 0.3) is 0 Å². The summed E-state index contributed by atoms with van der Waals surface area (Å²) in [6.07, 6.45) is 0. The van der Waals surface area contributed by atoms with Crippen molar-refractivity contribution in [1.29, 1.82) is 0 Å². The van der Waals surface area contributed by atoms with Crippen LogP contribution in [0.15, 0.2) is 0 Å². The molecular formula is C24H54N6. The van der Waals surface area contributed by atoms with Gasteiger partial charge in [-0.25, -0.2) is 0 Å². The van der Waals surface area contributed by atoms with Crippen LogP contribution in [0.3, 0.4) is 0 Å². The van der Waals surface area contributed by atoms with Crippen molar-refractivity contribution in [2.75, 3.05) is 99.7 Å². The van der Waals surface area contributed by atoms with Crippen LogP contribution in [0, 0.1) is 0 Å². The summed E-state index contributed by atoms with van der Waals surface area (Å²) in [5.41, 5.74) is 0. The number of rotatable bonds is 3. The van der Waals surface area contributed by atoms with Crippen LogP contribution in [0.4, 0.5) is 0 Å². The zero-order chi connectivity index (χ0) is 22.7. The van der Waals surface area contributed by atoms with Gasteiger partial charge in [0.15, 0.2) is 0 Å². The van der Waals surface area contributed by atoms with Crippen LogP contribution in [0.1, 0.15) is 41.5 Å². The molecule has 0 amide bonds. The molecule has 0 spiro atoms. The first-order chi connectivity index (χ1) is 14.1. The van der Waals surface area contributed by atoms with E-state index in [1.54, 1.807) is 0 Å². The van der Waals surface area contributed by atoms with Gasteiger partial charge >= 0.3 is 0 Å². The normalized spacial score (nSPS) is 24.0. The lowest BCUT2D eigenvalue weighted by molar-refractivity contribution is 0.126. The fourth-order valence-electron chi connectivity index (χ4n) is 4.01. The summed E-state index contributed by atoms with van der Waals surface area (Å²) in [5.74, 6) is 0. The standard InChI is InChI=1S/3C8H18N2/c3*1-8(2)10-6-4-9(3)5-7-10/h3*8H,4-7H2,1-3H3. The molecule has 6 nitrogen and oxygen atoms in total. The van der Waals surface area contributed by atoms with Gasteiger partial charge in [0.05, 0.1) is 0 Å². The summed E-state index contributed by atoms with van der Waals surface area (Å²) in [6.45, 7) is 28.5. The third-order valence-corrected chi connectivity index (χ3v) is 6.80. The minimum Gasteiger partial charge on any atom is -0.304 e. The van der Waals surface area contributed by atoms with Crippen LogP contribution in [0.2, 0.25) is 0 Å². The molecule has 0 aromatic rings. The van der Waals surface area contributed by atoms with E-state index in [-0.39, 0.29) is 0 Å². The third kappa shape index (κ3) is 11.4. The summed E-state index contributed by atoms with van der Waals surface area (Å²) in [7, 11) is 6.58. The molecule has 3 fully saturated rings. The monoisotopic (exact) mass is 426 g/mol. The Bertz CT molecular complexity index is 342. The Morgan fingerprint density at radius 1 is 0.333 bits per heavy atom. The van der Waals surface area contributed by atoms with Crippen LogP contribution in [0.5, 0.6) is 0 Å². The molecule has 180 valence electrons. The van der Waals surface area contributed by atoms with E-state index in [1.807, 2.05) is 0 Å². The minimum absolute atomic E-state index is 0.730. The molecule has 3 heterocycles. The van der Waals surface area contributed by atoms with E-state index >= 15 is 0 Å². The predicted octanol–water partition coefficient (Wildman–Crippen LogP) is 1.93. The largest absolute Gasteiger partial charge is 0.304 e. The summed E-state index contributed by atoms with van der Waals surface area (Å²) in [4.78, 5) is 14.7. The molecule has 0 aliphatic carbocycles. The molecule has 3 rings (SSSR count). The van der Waals surface area contributed by atoms with Gasteiger partial charge in [-0.15, -0.1) is 0 Å². The highest BCUT2D eigenvalue weighted by atomic mass is 15.3. The molecule has 0 atom stereocenters. The zero-order valence-corrected chi connectivity index (χ0v) is 21.9. The molecule has 3 aliphatic heterocycles. The molecule has 30 heavy (non-hydrogen) atoms. The van der Waals surface area contributed by atoms with E-state index in [1.165, 1.54) is 78.5 Å². The Labute approximate surface area is 189 Å². The Morgan fingerprint density at radius 3 is 0.633 bits per heavy atom. The van der Waals surface area contributed by atoms with Crippen LogP contribution >= 0.6 is 0 Å². The Kier molecular flexibility index (Phi) is 13.7. The molecule has 0 N–H and O–H groups in total. The van der Waals surface area contributed by atoms with Gasteiger partial charge in [-0.1, -0.05) is 0 Å². The first-order valence-corrected chi connectivity index (χ1v) is 12.4. The molecule has 0 radical (unpaired) electrons. The smallest absolute Gasteiger partial charge is 0.0112 e. The van der Waals surface area contributed by atoms with Crippen molar-refractivity contribution in [1.82, 2.24) is 29.4 Å². The highest BCUT2D eigenvalue weighted by Gasteiger charge is 2.16. The van der Waals surface area contributed by atoms with Gasteiger partial charge < -0.3 is 14.7 Å². The number of piperazine rings is 3. The van der Waals surface area contributed by atoms with E-state index in [4.69, 9.17) is 0 Å². The lowest BCUT2D eigenvalue weighted by Crippen LogP contribution is -2.47. The second-order valence-electron chi connectivity index (χ2n) is 10.3. The Morgan fingerprint density at radius 2 is 0.500 bits per heavy atom. The maximum absolute atomic E-state index is 2.53. The predicted molar refractivity (Wildman–Crippen MR) is 133 cm³/mol. The summed E-state index contributed by atoms with van der Waals surface area (Å²) in [5, 5.41) is 0. The van der Waals surface area contributed by atoms with Crippen LogP contribution in [-0.4, -0.2) is 147 Å². The fraction of sp³-hybridized carbons (Fsp3) is 1.00. The van der Waals surface area contributed by atoms with Crippen molar-refractivity contribution in [2.24, 2.45) is 0 Å². The molecule has 0 bridgehead atoms. The van der Waals surface area contributed by atoms with Gasteiger partial charge in [-0.3, -0.25) is 14.7 Å². The number of hydrogen-bond donors (Lipinski definition) is 0. The molecule has 3 saturated heterocycles. The van der Waals surface area contributed by atoms with Crippen LogP contribution < -0.4 is 0 Å². The van der Waals surface area contributed by atoms with Crippen molar-refractivity contribution in [3.05, 3.63) is 0 Å². The van der Waals surface area contributed by atoms with E-state index in [2.05, 4.69) is 92.1 Å². The van der Waals surface area contributed by atoms with Gasteiger partial charge in [0, 0.05) is 96.7 Å². The molecular weight excluding hydrogens is 372 g/mol. The average Bonchev–Trinajstić information content (AvgIpc) is 2.70. The molecule has 0 aromatic carbocycles. The van der Waals surface area contributed by atoms with Crippen molar-refractivity contribution in [3.63, 3.8) is 0 Å². The SMILES string of the molecule is CC(C)N1CCN(C)CC1.CC(C)N1CCN(C)CC1.CC(C)N1CCN(C)CC1. The topological polar surface area (TPSA) is 19.4 Å². The van der Waals surface area contributed by atoms with Crippen molar-refractivity contribution >= 4 is 0 Å². The molecule has 6 heteroatoms. The van der Waals surface area contributed by atoms with Crippen LogP contribution in [0.25, 0.3) is 0 Å². The molecule has 0 unspecified atom stereocenters. The lowest BCUT2D eigenvalue weighted by atomic mass is 10.2. The first kappa shape index (κ1) is 27.8. The van der Waals surface area contributed by atoms with E-state index < -0.39 is 0 Å². The van der Waals surface area contributed by atoms with Gasteiger partial charge in [0.1, 0.15) is 0 Å². The molecule has 3 aliphatic rings. The zero-order valence-electron chi connectivity index (χ0n) is 21.9. The maximum Gasteiger partial charge on any atom is 0.0112 e. The number of likely N-dealkylation sites (N-methyl/N-ethyl adjacent to an activating group) is 3. The minimum atomic E-state index is 0.730. The average molecular weight is 427 g/mol. The third-order valence-electron chi connectivity index (χ3n) is 6.80. The second kappa shape index (κ2) is 14.8. The van der Waals surface area contributed by atoms with E-state index in [0.29, 0.717) is 0 Å². The van der Waals surface area contributed by atoms with E-state index in [0.717, 1.165) is 18.1 Å². The highest BCUT2D eigenvalue weighted by molar-refractivity contribution is 4.73. The summed E-state index contributed by atoms with van der Waals surface area (Å²) >= 11 is 0. The van der Waals surface area contributed by atoms with Gasteiger partial charge in [-0.2, -0.15) is 0 Å². The lowest BCUT2D eigenvalue weighted by Gasteiger charge is -2.34. The van der Waals surface area contributed by atoms with E-state index in [9.17, 15) is 0 Å². The Balaban J connectivity index is 0.000000225. The van der Waals surface area contributed by atoms with Gasteiger partial charge in [-0.05, 0) is 62.7 Å². The van der Waals surface area contributed by atoms with Crippen molar-refractivity contribution in [2.45, 2.75) is 59.7 Å². The summed E-state index contributed by atoms with van der Waals surface area (Å²) in [6, 6.07) is 2.19. The molecule has 0 aromatic heterocycles. The number of nitrogens with zero attached hydrogens (tertiary/aromatic N) is 6. The van der Waals surface area contributed by atoms with Crippen LogP contribution in [-0.2, 0) is 0 Å². The van der Waals surface area contributed by atoms with Crippen molar-refractivity contribution in [3.8, 4) is 0 Å². The first-order valence-electron chi connectivity index (χ1n) is 12.4. The Hall–Kier alpha value is -0.240. The molecule has 0 saturated carbocycles. The maximum atomic E-state index is 2.53.